The number of nitrogens with two attached hydrogens (primary N) is 2. The summed E-state index contributed by atoms with van der Waals surface area (Å²) in [6, 6.07) is 7.79. The molecule has 20 heavy (non-hydrogen) atoms. The predicted molar refractivity (Wildman–Crippen MR) is 87.5 cm³/mol. The summed E-state index contributed by atoms with van der Waals surface area (Å²) >= 11 is 0. The van der Waals surface area contributed by atoms with Crippen LogP contribution in [0.1, 0.15) is 6.42 Å². The zero-order valence-corrected chi connectivity index (χ0v) is 12.3. The van der Waals surface area contributed by atoms with E-state index in [0.717, 1.165) is 5.69 Å². The number of nitrogen functional groups attached to an aromatic ring is 1. The Morgan fingerprint density at radius 3 is 2.00 bits per heavy atom. The van der Waals surface area contributed by atoms with Crippen LogP contribution in [0, 0.1) is 5.41 Å². The maximum Gasteiger partial charge on any atom is 0.112 e. The van der Waals surface area contributed by atoms with Crippen LogP contribution in [0.5, 0.6) is 0 Å². The van der Waals surface area contributed by atoms with E-state index in [1.807, 2.05) is 43.3 Å². The van der Waals surface area contributed by atoms with Gasteiger partial charge in [0.15, 0.2) is 0 Å². The van der Waals surface area contributed by atoms with E-state index in [0.29, 0.717) is 12.1 Å². The molecule has 0 unspecified atom stereocenters. The number of nitrogens with zero attached hydrogens (tertiary/aromatic N) is 1. The number of hydrogen-bond acceptors (Lipinski definition) is 5. The third kappa shape index (κ3) is 7.23. The molecule has 0 aromatic heterocycles. The Hall–Kier alpha value is -2.27. The van der Waals surface area contributed by atoms with Crippen molar-refractivity contribution in [2.24, 2.45) is 5.73 Å². The van der Waals surface area contributed by atoms with Gasteiger partial charge in [-0.25, -0.2) is 0 Å². The lowest BCUT2D eigenvalue weighted by atomic mass is 10.1. The molecule has 1 aromatic rings. The molecule has 1 aliphatic carbocycles. The molecule has 5 heteroatoms. The molecule has 0 amide bonds. The van der Waals surface area contributed by atoms with Gasteiger partial charge in [0, 0.05) is 37.6 Å². The zero-order valence-electron chi connectivity index (χ0n) is 12.3. The number of hydrogen-bond donors (Lipinski definition) is 4. The lowest BCUT2D eigenvalue weighted by molar-refractivity contribution is 0.430. The number of allylic oxidation sites excluding steroid dienone is 3. The number of benzene rings is 1. The number of aliphatic hydroxyl groups excluding tert-OH is 1. The van der Waals surface area contributed by atoms with E-state index in [1.54, 1.807) is 12.2 Å². The third-order valence-corrected chi connectivity index (χ3v) is 2.40. The van der Waals surface area contributed by atoms with Crippen LogP contribution in [-0.4, -0.2) is 32.0 Å². The van der Waals surface area contributed by atoms with Gasteiger partial charge in [-0.1, -0.05) is 0 Å². The topological polar surface area (TPSA) is 99.4 Å². The van der Waals surface area contributed by atoms with Gasteiger partial charge in [-0.05, 0) is 49.5 Å². The van der Waals surface area contributed by atoms with Gasteiger partial charge in [-0.2, -0.15) is 0 Å². The summed E-state index contributed by atoms with van der Waals surface area (Å²) in [4.78, 5) is 2.04. The van der Waals surface area contributed by atoms with Crippen molar-refractivity contribution < 1.29 is 5.11 Å². The quantitative estimate of drug-likeness (QED) is 0.591. The van der Waals surface area contributed by atoms with E-state index in [9.17, 15) is 0 Å². The van der Waals surface area contributed by atoms with Gasteiger partial charge < -0.3 is 26.9 Å². The van der Waals surface area contributed by atoms with Crippen molar-refractivity contribution in [2.45, 2.75) is 6.42 Å². The Morgan fingerprint density at radius 2 is 1.65 bits per heavy atom. The highest BCUT2D eigenvalue weighted by atomic mass is 16.3. The van der Waals surface area contributed by atoms with E-state index in [4.69, 9.17) is 16.2 Å². The summed E-state index contributed by atoms with van der Waals surface area (Å²) in [5.41, 5.74) is 12.5. The van der Waals surface area contributed by atoms with Crippen LogP contribution in [-0.2, 0) is 0 Å². The standard InChI is InChI=1S/C8H12N2.C6H7NO.CH5N/c1-10(2)8-5-3-7(9)4-6-8;7-5-1-3-6(8)4-2-5;1-2/h3-6H,9H2,1-2H3;1,3-4,7-8H,2H2;2H2,1H3. The summed E-state index contributed by atoms with van der Waals surface area (Å²) in [6.07, 6.45) is 5.28. The number of rotatable bonds is 1. The highest BCUT2D eigenvalue weighted by molar-refractivity contribution is 5.94. The zero-order chi connectivity index (χ0) is 15.5. The first-order chi connectivity index (χ1) is 9.49. The Bertz CT molecular complexity index is 459. The first kappa shape index (κ1) is 17.7. The fourth-order valence-electron chi connectivity index (χ4n) is 1.31. The summed E-state index contributed by atoms with van der Waals surface area (Å²) < 4.78 is 0. The Kier molecular flexibility index (Phi) is 8.54. The fourth-order valence-corrected chi connectivity index (χ4v) is 1.31. The van der Waals surface area contributed by atoms with Crippen molar-refractivity contribution in [3.05, 3.63) is 48.3 Å². The monoisotopic (exact) mass is 276 g/mol. The van der Waals surface area contributed by atoms with Gasteiger partial charge in [-0.15, -0.1) is 0 Å². The number of nitrogens with one attached hydrogen (secondary N) is 1. The molecule has 1 aliphatic rings. The van der Waals surface area contributed by atoms with Crippen molar-refractivity contribution in [3.63, 3.8) is 0 Å². The van der Waals surface area contributed by atoms with Crippen molar-refractivity contribution in [2.75, 3.05) is 31.8 Å². The minimum atomic E-state index is 0.265. The largest absolute Gasteiger partial charge is 0.508 e. The maximum absolute atomic E-state index is 8.70. The first-order valence-corrected chi connectivity index (χ1v) is 6.24. The smallest absolute Gasteiger partial charge is 0.112 e. The molecule has 110 valence electrons. The van der Waals surface area contributed by atoms with E-state index >= 15 is 0 Å². The van der Waals surface area contributed by atoms with Crippen molar-refractivity contribution >= 4 is 17.1 Å². The molecule has 6 N–H and O–H groups in total. The van der Waals surface area contributed by atoms with Crippen molar-refractivity contribution in [1.82, 2.24) is 0 Å². The van der Waals surface area contributed by atoms with Crippen LogP contribution in [0.4, 0.5) is 11.4 Å². The second kappa shape index (κ2) is 9.63. The molecule has 0 atom stereocenters. The van der Waals surface area contributed by atoms with E-state index in [2.05, 4.69) is 5.73 Å². The molecule has 0 heterocycles. The molecular weight excluding hydrogens is 252 g/mol. The maximum atomic E-state index is 8.70. The van der Waals surface area contributed by atoms with Gasteiger partial charge in [0.05, 0.1) is 0 Å². The van der Waals surface area contributed by atoms with Crippen LogP contribution in [0.3, 0.4) is 0 Å². The van der Waals surface area contributed by atoms with Crippen molar-refractivity contribution in [3.8, 4) is 0 Å². The number of aliphatic hydroxyl groups is 1. The minimum Gasteiger partial charge on any atom is -0.508 e. The van der Waals surface area contributed by atoms with Crippen LogP contribution in [0.2, 0.25) is 0 Å². The second-order valence-electron chi connectivity index (χ2n) is 4.18. The van der Waals surface area contributed by atoms with E-state index in [1.165, 1.54) is 18.8 Å². The van der Waals surface area contributed by atoms with Gasteiger partial charge in [0.1, 0.15) is 5.76 Å². The third-order valence-electron chi connectivity index (χ3n) is 2.40. The highest BCUT2D eigenvalue weighted by Crippen LogP contribution is 2.12. The second-order valence-corrected chi connectivity index (χ2v) is 4.18. The average molecular weight is 276 g/mol. The molecule has 0 bridgehead atoms. The average Bonchev–Trinajstić information content (AvgIpc) is 2.45. The molecular formula is C15H24N4O. The summed E-state index contributed by atoms with van der Waals surface area (Å²) in [5.74, 6) is 0.265. The van der Waals surface area contributed by atoms with Crippen LogP contribution in [0.25, 0.3) is 0 Å². The SMILES string of the molecule is CN.CN(C)c1ccc(N)cc1.N=C1C=CC(O)=CC1. The summed E-state index contributed by atoms with van der Waals surface area (Å²) in [5, 5.41) is 15.7. The van der Waals surface area contributed by atoms with Crippen LogP contribution >= 0.6 is 0 Å². The molecule has 2 rings (SSSR count). The predicted octanol–water partition coefficient (Wildman–Crippen LogP) is 2.32. The molecule has 0 fully saturated rings. The first-order valence-electron chi connectivity index (χ1n) is 6.24. The molecule has 0 spiro atoms. The number of anilines is 2. The molecule has 0 saturated heterocycles. The van der Waals surface area contributed by atoms with E-state index in [-0.39, 0.29) is 5.76 Å². The van der Waals surface area contributed by atoms with Gasteiger partial charge in [0.25, 0.3) is 0 Å². The van der Waals surface area contributed by atoms with E-state index < -0.39 is 0 Å². The molecule has 0 radical (unpaired) electrons. The minimum absolute atomic E-state index is 0.265. The lowest BCUT2D eigenvalue weighted by Crippen LogP contribution is -2.08. The Morgan fingerprint density at radius 1 is 1.10 bits per heavy atom. The van der Waals surface area contributed by atoms with Crippen LogP contribution < -0.4 is 16.4 Å². The van der Waals surface area contributed by atoms with Gasteiger partial charge in [-0.3, -0.25) is 0 Å². The highest BCUT2D eigenvalue weighted by Gasteiger charge is 1.95. The van der Waals surface area contributed by atoms with Crippen molar-refractivity contribution in [1.29, 1.82) is 5.41 Å². The molecule has 0 aliphatic heterocycles. The summed E-state index contributed by atoms with van der Waals surface area (Å²) in [6.45, 7) is 0. The fraction of sp³-hybridized carbons (Fsp3) is 0.267. The van der Waals surface area contributed by atoms with Gasteiger partial charge >= 0.3 is 0 Å². The molecule has 1 aromatic carbocycles. The molecule has 5 nitrogen and oxygen atoms in total. The normalized spacial score (nSPS) is 12.4. The molecule has 0 saturated carbocycles. The summed E-state index contributed by atoms with van der Waals surface area (Å²) in [7, 11) is 5.51. The lowest BCUT2D eigenvalue weighted by Gasteiger charge is -2.11. The van der Waals surface area contributed by atoms with Gasteiger partial charge in [0.2, 0.25) is 0 Å². The Labute approximate surface area is 120 Å². The van der Waals surface area contributed by atoms with Crippen LogP contribution in [0.15, 0.2) is 48.3 Å². The Balaban J connectivity index is 0.000000327.